The van der Waals surface area contributed by atoms with Crippen molar-refractivity contribution in [1.29, 1.82) is 0 Å². The molecule has 1 saturated carbocycles. The highest BCUT2D eigenvalue weighted by atomic mass is 16.3. The normalized spacial score (nSPS) is 33.7. The van der Waals surface area contributed by atoms with E-state index in [1.165, 1.54) is 17.5 Å². The molecule has 1 aliphatic rings. The van der Waals surface area contributed by atoms with Gasteiger partial charge >= 0.3 is 0 Å². The minimum atomic E-state index is -0.616. The fourth-order valence-corrected chi connectivity index (χ4v) is 3.28. The predicted octanol–water partition coefficient (Wildman–Crippen LogP) is 3.95. The average Bonchev–Trinajstić information content (AvgIpc) is 2.23. The van der Waals surface area contributed by atoms with Crippen molar-refractivity contribution in [2.45, 2.75) is 52.6 Å². The van der Waals surface area contributed by atoms with Crippen molar-refractivity contribution in [2.75, 3.05) is 0 Å². The lowest BCUT2D eigenvalue weighted by Gasteiger charge is -2.42. The van der Waals surface area contributed by atoms with Gasteiger partial charge in [-0.3, -0.25) is 0 Å². The number of aryl methyl sites for hydroxylation is 2. The Morgan fingerprint density at radius 3 is 2.53 bits per heavy atom. The Morgan fingerprint density at radius 2 is 1.88 bits per heavy atom. The molecule has 0 saturated heterocycles. The maximum absolute atomic E-state index is 11.1. The number of aliphatic hydroxyl groups is 1. The Kier molecular flexibility index (Phi) is 3.31. The highest BCUT2D eigenvalue weighted by Gasteiger charge is 2.40. The van der Waals surface area contributed by atoms with Crippen molar-refractivity contribution in [3.8, 4) is 0 Å². The summed E-state index contributed by atoms with van der Waals surface area (Å²) in [5.74, 6) is 0.983. The third kappa shape index (κ3) is 2.26. The van der Waals surface area contributed by atoms with E-state index in [0.717, 1.165) is 18.4 Å². The molecule has 1 heteroatoms. The first-order valence-electron chi connectivity index (χ1n) is 6.73. The molecule has 0 spiro atoms. The smallest absolute Gasteiger partial charge is 0.0927 e. The summed E-state index contributed by atoms with van der Waals surface area (Å²) in [6.45, 7) is 8.66. The van der Waals surface area contributed by atoms with E-state index in [1.807, 2.05) is 0 Å². The third-order valence-corrected chi connectivity index (χ3v) is 4.42. The topological polar surface area (TPSA) is 20.2 Å². The van der Waals surface area contributed by atoms with Gasteiger partial charge in [-0.1, -0.05) is 44.0 Å². The molecule has 1 aromatic rings. The average molecular weight is 232 g/mol. The largest absolute Gasteiger partial charge is 0.385 e. The molecular formula is C16H24O. The molecule has 0 amide bonds. The van der Waals surface area contributed by atoms with Gasteiger partial charge in [0.15, 0.2) is 0 Å². The third-order valence-electron chi connectivity index (χ3n) is 4.42. The first-order valence-corrected chi connectivity index (χ1v) is 6.73. The maximum atomic E-state index is 11.1. The predicted molar refractivity (Wildman–Crippen MR) is 72.0 cm³/mol. The summed E-state index contributed by atoms with van der Waals surface area (Å²) in [5, 5.41) is 11.1. The van der Waals surface area contributed by atoms with Crippen LogP contribution in [0.1, 0.15) is 49.8 Å². The van der Waals surface area contributed by atoms with Gasteiger partial charge < -0.3 is 5.11 Å². The van der Waals surface area contributed by atoms with E-state index in [9.17, 15) is 5.11 Å². The molecule has 1 fully saturated rings. The molecule has 0 radical (unpaired) electrons. The van der Waals surface area contributed by atoms with Crippen molar-refractivity contribution in [3.63, 3.8) is 0 Å². The number of hydrogen-bond acceptors (Lipinski definition) is 1. The minimum absolute atomic E-state index is 0.361. The molecule has 0 heterocycles. The molecule has 3 unspecified atom stereocenters. The summed E-state index contributed by atoms with van der Waals surface area (Å²) in [6.07, 6.45) is 3.28. The molecule has 1 aliphatic carbocycles. The van der Waals surface area contributed by atoms with Gasteiger partial charge in [-0.05, 0) is 49.7 Å². The highest BCUT2D eigenvalue weighted by molar-refractivity contribution is 5.35. The molecule has 17 heavy (non-hydrogen) atoms. The van der Waals surface area contributed by atoms with Crippen LogP contribution in [-0.4, -0.2) is 5.11 Å². The molecule has 1 N–H and O–H groups in total. The van der Waals surface area contributed by atoms with E-state index in [-0.39, 0.29) is 0 Å². The zero-order valence-corrected chi connectivity index (χ0v) is 11.5. The maximum Gasteiger partial charge on any atom is 0.0927 e. The molecule has 0 aromatic heterocycles. The Hall–Kier alpha value is -0.820. The summed E-state index contributed by atoms with van der Waals surface area (Å²) < 4.78 is 0. The van der Waals surface area contributed by atoms with Crippen LogP contribution in [0.3, 0.4) is 0 Å². The lowest BCUT2D eigenvalue weighted by molar-refractivity contribution is -0.0631. The van der Waals surface area contributed by atoms with Gasteiger partial charge in [0.05, 0.1) is 5.60 Å². The van der Waals surface area contributed by atoms with E-state index < -0.39 is 5.60 Å². The van der Waals surface area contributed by atoms with Crippen LogP contribution in [0.5, 0.6) is 0 Å². The van der Waals surface area contributed by atoms with Gasteiger partial charge in [-0.2, -0.15) is 0 Å². The number of benzene rings is 1. The van der Waals surface area contributed by atoms with Crippen LogP contribution < -0.4 is 0 Å². The molecule has 1 aromatic carbocycles. The van der Waals surface area contributed by atoms with Crippen LogP contribution in [0.4, 0.5) is 0 Å². The fourth-order valence-electron chi connectivity index (χ4n) is 3.28. The first kappa shape index (κ1) is 12.6. The van der Waals surface area contributed by atoms with Crippen LogP contribution in [0.15, 0.2) is 18.2 Å². The van der Waals surface area contributed by atoms with Gasteiger partial charge in [0.25, 0.3) is 0 Å². The molecule has 94 valence electrons. The van der Waals surface area contributed by atoms with E-state index >= 15 is 0 Å². The highest BCUT2D eigenvalue weighted by Crippen LogP contribution is 2.44. The lowest BCUT2D eigenvalue weighted by atomic mass is 9.68. The van der Waals surface area contributed by atoms with Crippen LogP contribution >= 0.6 is 0 Å². The van der Waals surface area contributed by atoms with Crippen molar-refractivity contribution in [2.24, 2.45) is 11.8 Å². The van der Waals surface area contributed by atoms with Crippen LogP contribution in [-0.2, 0) is 5.60 Å². The monoisotopic (exact) mass is 232 g/mol. The molecule has 0 aliphatic heterocycles. The van der Waals surface area contributed by atoms with Gasteiger partial charge in [0.1, 0.15) is 0 Å². The molecule has 3 atom stereocenters. The van der Waals surface area contributed by atoms with Gasteiger partial charge in [-0.15, -0.1) is 0 Å². The summed E-state index contributed by atoms with van der Waals surface area (Å²) in [7, 11) is 0. The van der Waals surface area contributed by atoms with Crippen molar-refractivity contribution >= 4 is 0 Å². The zero-order valence-electron chi connectivity index (χ0n) is 11.5. The standard InChI is InChI=1S/C16H24O/c1-11-6-8-15(13(3)9-11)16(17)10-12(2)5-7-14(16)4/h6,8-9,12,14,17H,5,7,10H2,1-4H3. The van der Waals surface area contributed by atoms with E-state index in [1.54, 1.807) is 0 Å². The lowest BCUT2D eigenvalue weighted by Crippen LogP contribution is -2.39. The van der Waals surface area contributed by atoms with E-state index in [4.69, 9.17) is 0 Å². The Balaban J connectivity index is 2.42. The quantitative estimate of drug-likeness (QED) is 0.777. The Labute approximate surface area is 105 Å². The van der Waals surface area contributed by atoms with Gasteiger partial charge in [0.2, 0.25) is 0 Å². The van der Waals surface area contributed by atoms with Crippen molar-refractivity contribution < 1.29 is 5.11 Å². The number of hydrogen-bond donors (Lipinski definition) is 1. The summed E-state index contributed by atoms with van der Waals surface area (Å²) in [4.78, 5) is 0. The summed E-state index contributed by atoms with van der Waals surface area (Å²) in [6, 6.07) is 6.42. The molecular weight excluding hydrogens is 208 g/mol. The second-order valence-corrected chi connectivity index (χ2v) is 6.03. The van der Waals surface area contributed by atoms with E-state index in [0.29, 0.717) is 11.8 Å². The Bertz CT molecular complexity index is 410. The van der Waals surface area contributed by atoms with Crippen molar-refractivity contribution in [3.05, 3.63) is 34.9 Å². The summed E-state index contributed by atoms with van der Waals surface area (Å²) in [5.41, 5.74) is 3.03. The first-order chi connectivity index (χ1) is 7.93. The Morgan fingerprint density at radius 1 is 1.18 bits per heavy atom. The van der Waals surface area contributed by atoms with Crippen LogP contribution in [0, 0.1) is 25.7 Å². The van der Waals surface area contributed by atoms with Crippen LogP contribution in [0.2, 0.25) is 0 Å². The number of rotatable bonds is 1. The second kappa shape index (κ2) is 4.45. The molecule has 1 nitrogen and oxygen atoms in total. The SMILES string of the molecule is Cc1ccc(C2(O)CC(C)CCC2C)c(C)c1. The van der Waals surface area contributed by atoms with E-state index in [2.05, 4.69) is 45.9 Å². The molecule has 0 bridgehead atoms. The van der Waals surface area contributed by atoms with Crippen molar-refractivity contribution in [1.82, 2.24) is 0 Å². The fraction of sp³-hybridized carbons (Fsp3) is 0.625. The zero-order chi connectivity index (χ0) is 12.6. The summed E-state index contributed by atoms with van der Waals surface area (Å²) >= 11 is 0. The van der Waals surface area contributed by atoms with Gasteiger partial charge in [-0.25, -0.2) is 0 Å². The second-order valence-electron chi connectivity index (χ2n) is 6.03. The molecule has 2 rings (SSSR count). The van der Waals surface area contributed by atoms with Gasteiger partial charge in [0, 0.05) is 0 Å². The minimum Gasteiger partial charge on any atom is -0.385 e. The van der Waals surface area contributed by atoms with Crippen LogP contribution in [0.25, 0.3) is 0 Å².